The Hall–Kier alpha value is -1.71. The van der Waals surface area contributed by atoms with E-state index < -0.39 is 8.32 Å². The van der Waals surface area contributed by atoms with Gasteiger partial charge in [-0.1, -0.05) is 93.2 Å². The van der Waals surface area contributed by atoms with Gasteiger partial charge in [-0.25, -0.2) is 0 Å². The summed E-state index contributed by atoms with van der Waals surface area (Å²) in [6.07, 6.45) is 1.76. The first-order valence-electron chi connectivity index (χ1n) is 10.5. The van der Waals surface area contributed by atoms with Crippen LogP contribution >= 0.6 is 39.0 Å². The molecule has 1 aromatic heterocycles. The zero-order valence-corrected chi connectivity index (χ0v) is 23.6. The van der Waals surface area contributed by atoms with Crippen LogP contribution in [-0.2, 0) is 9.22 Å². The second kappa shape index (κ2) is 10.7. The third kappa shape index (κ3) is 5.35. The number of hydrogen-bond donors (Lipinski definition) is 1. The first-order valence-corrected chi connectivity index (χ1v) is 15.3. The van der Waals surface area contributed by atoms with E-state index in [2.05, 4.69) is 66.3 Å². The number of carbonyl (C=O) groups is 2. The van der Waals surface area contributed by atoms with Gasteiger partial charge in [0.25, 0.3) is 8.32 Å². The fourth-order valence-electron chi connectivity index (χ4n) is 3.96. The molecule has 0 spiro atoms. The number of thioether (sulfide) groups is 1. The molecule has 0 saturated heterocycles. The average molecular weight is 563 g/mol. The summed E-state index contributed by atoms with van der Waals surface area (Å²) >= 11 is 5.97. The average Bonchev–Trinajstić information content (AvgIpc) is 3.08. The number of amides is 1. The van der Waals surface area contributed by atoms with E-state index in [0.717, 1.165) is 32.2 Å². The summed E-state index contributed by atoms with van der Waals surface area (Å²) < 4.78 is 7.43. The van der Waals surface area contributed by atoms with Crippen molar-refractivity contribution >= 4 is 73.7 Å². The molecule has 0 saturated carbocycles. The molecule has 0 aliphatic carbocycles. The lowest BCUT2D eigenvalue weighted by Crippen LogP contribution is -2.67. The highest BCUT2D eigenvalue weighted by atomic mass is 79.9. The zero-order valence-electron chi connectivity index (χ0n) is 19.4. The standard InChI is InChI=1S/C25H28BrNO3S2Si/c1-17-21(26)23(32-22(17)24(29)31-5)27-20(28)16-30-33(25(2,3)4,18-12-8-6-9-13-18)19-14-10-7-11-15-19/h6-15H,16H2,1-5H3,(H,27,28). The monoisotopic (exact) mass is 561 g/mol. The van der Waals surface area contributed by atoms with Gasteiger partial charge in [0.05, 0.1) is 9.35 Å². The molecule has 1 N–H and O–H groups in total. The van der Waals surface area contributed by atoms with Crippen molar-refractivity contribution in [2.45, 2.75) is 32.7 Å². The van der Waals surface area contributed by atoms with Gasteiger partial charge in [-0.15, -0.1) is 11.3 Å². The van der Waals surface area contributed by atoms with Crippen LogP contribution in [-0.4, -0.2) is 32.2 Å². The molecule has 0 bridgehead atoms. The van der Waals surface area contributed by atoms with E-state index in [4.69, 9.17) is 4.43 Å². The van der Waals surface area contributed by atoms with E-state index in [0.29, 0.717) is 9.88 Å². The Morgan fingerprint density at radius 2 is 1.55 bits per heavy atom. The van der Waals surface area contributed by atoms with Crippen LogP contribution in [0.1, 0.15) is 36.0 Å². The summed E-state index contributed by atoms with van der Waals surface area (Å²) in [7, 11) is -2.80. The van der Waals surface area contributed by atoms with E-state index in [1.54, 1.807) is 6.26 Å². The highest BCUT2D eigenvalue weighted by molar-refractivity contribution is 9.10. The zero-order chi connectivity index (χ0) is 24.2. The van der Waals surface area contributed by atoms with Gasteiger partial charge in [0.2, 0.25) is 11.0 Å². The molecule has 8 heteroatoms. The largest absolute Gasteiger partial charge is 0.398 e. The third-order valence-corrected chi connectivity index (χ3v) is 13.7. The van der Waals surface area contributed by atoms with Crippen LogP contribution in [0.2, 0.25) is 5.04 Å². The molecule has 3 aromatic rings. The quantitative estimate of drug-likeness (QED) is 0.368. The minimum Gasteiger partial charge on any atom is -0.398 e. The summed E-state index contributed by atoms with van der Waals surface area (Å²) in [5, 5.41) is 5.59. The second-order valence-corrected chi connectivity index (χ2v) is 15.6. The second-order valence-electron chi connectivity index (χ2n) is 8.69. The highest BCUT2D eigenvalue weighted by Crippen LogP contribution is 2.39. The van der Waals surface area contributed by atoms with Crippen LogP contribution in [0.4, 0.5) is 5.00 Å². The lowest BCUT2D eigenvalue weighted by atomic mass is 10.2. The first kappa shape index (κ1) is 25.9. The number of thiophene rings is 1. The number of anilines is 1. The number of benzene rings is 2. The van der Waals surface area contributed by atoms with Crippen molar-refractivity contribution in [1.82, 2.24) is 0 Å². The van der Waals surface area contributed by atoms with Crippen molar-refractivity contribution in [3.05, 3.63) is 75.6 Å². The van der Waals surface area contributed by atoms with E-state index in [-0.39, 0.29) is 22.7 Å². The predicted octanol–water partition coefficient (Wildman–Crippen LogP) is 5.84. The van der Waals surface area contributed by atoms with Crippen LogP contribution in [0.15, 0.2) is 65.1 Å². The van der Waals surface area contributed by atoms with Gasteiger partial charge in [0.1, 0.15) is 11.6 Å². The first-order chi connectivity index (χ1) is 15.6. The lowest BCUT2D eigenvalue weighted by Gasteiger charge is -2.42. The fourth-order valence-corrected chi connectivity index (χ4v) is 10.8. The lowest BCUT2D eigenvalue weighted by molar-refractivity contribution is -0.118. The minimum atomic E-state index is -2.80. The number of halogens is 1. The smallest absolute Gasteiger partial charge is 0.261 e. The SMILES string of the molecule is CSC(=O)c1sc(NC(=O)CO[Si](c2ccccc2)(c2ccccc2)C(C)(C)C)c(Br)c1C. The molecule has 1 heterocycles. The molecule has 0 aliphatic heterocycles. The number of carbonyl (C=O) groups excluding carboxylic acids is 2. The Bertz CT molecular complexity index is 1090. The molecule has 4 nitrogen and oxygen atoms in total. The summed E-state index contributed by atoms with van der Waals surface area (Å²) in [6.45, 7) is 8.32. The number of rotatable bonds is 7. The molecule has 2 aromatic carbocycles. The maximum absolute atomic E-state index is 13.0. The van der Waals surface area contributed by atoms with Crippen molar-refractivity contribution in [2.24, 2.45) is 0 Å². The van der Waals surface area contributed by atoms with Crippen LogP contribution in [0, 0.1) is 6.92 Å². The molecule has 0 unspecified atom stereocenters. The Balaban J connectivity index is 1.93. The van der Waals surface area contributed by atoms with E-state index >= 15 is 0 Å². The summed E-state index contributed by atoms with van der Waals surface area (Å²) in [5.41, 5.74) is 0.836. The van der Waals surface area contributed by atoms with E-state index in [1.807, 2.05) is 43.3 Å². The van der Waals surface area contributed by atoms with Gasteiger partial charge in [-0.3, -0.25) is 9.59 Å². The van der Waals surface area contributed by atoms with Crippen LogP contribution in [0.5, 0.6) is 0 Å². The summed E-state index contributed by atoms with van der Waals surface area (Å²) in [4.78, 5) is 25.9. The van der Waals surface area contributed by atoms with Crippen molar-refractivity contribution in [1.29, 1.82) is 0 Å². The van der Waals surface area contributed by atoms with Crippen molar-refractivity contribution in [3.63, 3.8) is 0 Å². The predicted molar refractivity (Wildman–Crippen MR) is 147 cm³/mol. The molecule has 0 aliphatic rings. The molecule has 33 heavy (non-hydrogen) atoms. The molecule has 174 valence electrons. The maximum atomic E-state index is 13.0. The molecular weight excluding hydrogens is 534 g/mol. The Morgan fingerprint density at radius 3 is 2.00 bits per heavy atom. The molecule has 0 atom stereocenters. The van der Waals surface area contributed by atoms with Gasteiger partial charge in [0.15, 0.2) is 0 Å². The third-order valence-electron chi connectivity index (χ3n) is 5.53. The maximum Gasteiger partial charge on any atom is 0.261 e. The number of hydrogen-bond acceptors (Lipinski definition) is 5. The Morgan fingerprint density at radius 1 is 1.03 bits per heavy atom. The molecular formula is C25H28BrNO3S2Si. The minimum absolute atomic E-state index is 0.0118. The molecule has 0 fully saturated rings. The topological polar surface area (TPSA) is 55.4 Å². The van der Waals surface area contributed by atoms with E-state index in [9.17, 15) is 9.59 Å². The number of nitrogens with one attached hydrogen (secondary N) is 1. The highest BCUT2D eigenvalue weighted by Gasteiger charge is 2.50. The molecule has 3 rings (SSSR count). The van der Waals surface area contributed by atoms with Gasteiger partial charge in [-0.2, -0.15) is 0 Å². The van der Waals surface area contributed by atoms with Crippen LogP contribution in [0.25, 0.3) is 0 Å². The van der Waals surface area contributed by atoms with Crippen molar-refractivity contribution < 1.29 is 14.0 Å². The molecule has 0 radical (unpaired) electrons. The van der Waals surface area contributed by atoms with Gasteiger partial charge in [-0.05, 0) is 50.1 Å². The normalized spacial score (nSPS) is 11.9. The Kier molecular flexibility index (Phi) is 8.39. The Labute approximate surface area is 213 Å². The van der Waals surface area contributed by atoms with Crippen LogP contribution in [0.3, 0.4) is 0 Å². The summed E-state index contributed by atoms with van der Waals surface area (Å²) in [6, 6.07) is 20.5. The van der Waals surface area contributed by atoms with E-state index in [1.165, 1.54) is 11.3 Å². The molecule has 1 amide bonds. The van der Waals surface area contributed by atoms with Crippen molar-refractivity contribution in [2.75, 3.05) is 18.2 Å². The van der Waals surface area contributed by atoms with Crippen molar-refractivity contribution in [3.8, 4) is 0 Å². The van der Waals surface area contributed by atoms with Gasteiger partial charge < -0.3 is 9.74 Å². The van der Waals surface area contributed by atoms with Crippen LogP contribution < -0.4 is 15.7 Å². The summed E-state index contributed by atoms with van der Waals surface area (Å²) in [5.74, 6) is -0.243. The van der Waals surface area contributed by atoms with Gasteiger partial charge >= 0.3 is 0 Å². The fraction of sp³-hybridized carbons (Fsp3) is 0.280. The van der Waals surface area contributed by atoms with Gasteiger partial charge in [0, 0.05) is 0 Å².